The fourth-order valence-corrected chi connectivity index (χ4v) is 2.01. The smallest absolute Gasteiger partial charge is 0.390 e. The Labute approximate surface area is 120 Å². The van der Waals surface area contributed by atoms with E-state index in [0.29, 0.717) is 6.54 Å². The summed E-state index contributed by atoms with van der Waals surface area (Å²) in [6, 6.07) is 7.14. The maximum Gasteiger partial charge on any atom is 0.416 e. The van der Waals surface area contributed by atoms with Crippen molar-refractivity contribution in [1.29, 1.82) is 0 Å². The second kappa shape index (κ2) is 6.73. The Hall–Kier alpha value is -1.86. The molecule has 2 N–H and O–H groups in total. The van der Waals surface area contributed by atoms with Gasteiger partial charge in [-0.05, 0) is 17.7 Å². The summed E-state index contributed by atoms with van der Waals surface area (Å²) < 4.78 is 40.0. The minimum Gasteiger partial charge on any atom is -0.390 e. The molecule has 0 amide bonds. The number of aromatic nitrogens is 2. The summed E-state index contributed by atoms with van der Waals surface area (Å²) in [5, 5.41) is 16.6. The highest BCUT2D eigenvalue weighted by Crippen LogP contribution is 2.31. The van der Waals surface area contributed by atoms with Crippen LogP contribution in [-0.4, -0.2) is 27.5 Å². The number of hydrogen-bond acceptors (Lipinski definition) is 3. The number of hydrogen-bond donors (Lipinski definition) is 2. The predicted molar refractivity (Wildman–Crippen MR) is 71.4 cm³/mol. The highest BCUT2D eigenvalue weighted by Gasteiger charge is 2.32. The van der Waals surface area contributed by atoms with Crippen molar-refractivity contribution in [2.75, 3.05) is 6.54 Å². The molecule has 1 unspecified atom stereocenters. The van der Waals surface area contributed by atoms with Crippen LogP contribution < -0.4 is 5.32 Å². The van der Waals surface area contributed by atoms with E-state index in [-0.39, 0.29) is 18.7 Å². The van der Waals surface area contributed by atoms with Crippen LogP contribution in [0.5, 0.6) is 0 Å². The van der Waals surface area contributed by atoms with Gasteiger partial charge in [-0.3, -0.25) is 4.68 Å². The first-order valence-electron chi connectivity index (χ1n) is 6.48. The Kier molecular flexibility index (Phi) is 4.98. The SMILES string of the molecule is OC(CNCc1ccccc1C(F)(F)F)Cn1cccn1. The van der Waals surface area contributed by atoms with Crippen molar-refractivity contribution in [1.82, 2.24) is 15.1 Å². The zero-order valence-electron chi connectivity index (χ0n) is 11.2. The Bertz CT molecular complexity index is 555. The zero-order chi connectivity index (χ0) is 15.3. The number of nitrogens with one attached hydrogen (secondary N) is 1. The fraction of sp³-hybridized carbons (Fsp3) is 0.357. The van der Waals surface area contributed by atoms with E-state index >= 15 is 0 Å². The van der Waals surface area contributed by atoms with E-state index in [1.165, 1.54) is 12.1 Å². The lowest BCUT2D eigenvalue weighted by Gasteiger charge is -2.15. The van der Waals surface area contributed by atoms with Crippen molar-refractivity contribution in [2.45, 2.75) is 25.4 Å². The second-order valence-electron chi connectivity index (χ2n) is 4.67. The standard InChI is InChI=1S/C14H16F3N3O/c15-14(16,17)13-5-2-1-4-11(13)8-18-9-12(21)10-20-7-3-6-19-20/h1-7,12,18,21H,8-10H2. The van der Waals surface area contributed by atoms with Crippen LogP contribution in [-0.2, 0) is 19.3 Å². The molecule has 0 fully saturated rings. The molecular formula is C14H16F3N3O. The van der Waals surface area contributed by atoms with E-state index < -0.39 is 17.8 Å². The van der Waals surface area contributed by atoms with Crippen LogP contribution in [0.4, 0.5) is 13.2 Å². The van der Waals surface area contributed by atoms with Gasteiger partial charge in [0, 0.05) is 25.5 Å². The van der Waals surface area contributed by atoms with Gasteiger partial charge in [-0.15, -0.1) is 0 Å². The quantitative estimate of drug-likeness (QED) is 0.858. The number of nitrogens with zero attached hydrogens (tertiary/aromatic N) is 2. The summed E-state index contributed by atoms with van der Waals surface area (Å²) in [7, 11) is 0. The summed E-state index contributed by atoms with van der Waals surface area (Å²) >= 11 is 0. The molecule has 0 spiro atoms. The summed E-state index contributed by atoms with van der Waals surface area (Å²) in [5.41, 5.74) is -0.490. The van der Waals surface area contributed by atoms with Gasteiger partial charge in [-0.25, -0.2) is 0 Å². The van der Waals surface area contributed by atoms with Crippen molar-refractivity contribution in [2.24, 2.45) is 0 Å². The van der Waals surface area contributed by atoms with Crippen LogP contribution in [0.15, 0.2) is 42.7 Å². The molecule has 0 radical (unpaired) electrons. The molecule has 1 aromatic carbocycles. The van der Waals surface area contributed by atoms with Crippen LogP contribution in [0.3, 0.4) is 0 Å². The Morgan fingerprint density at radius 3 is 2.67 bits per heavy atom. The van der Waals surface area contributed by atoms with Gasteiger partial charge in [0.05, 0.1) is 18.2 Å². The Morgan fingerprint density at radius 2 is 2.00 bits per heavy atom. The molecule has 0 aliphatic carbocycles. The molecule has 114 valence electrons. The predicted octanol–water partition coefficient (Wildman–Crippen LogP) is 2.05. The van der Waals surface area contributed by atoms with Crippen molar-refractivity contribution >= 4 is 0 Å². The lowest BCUT2D eigenvalue weighted by molar-refractivity contribution is -0.138. The molecule has 1 heterocycles. The van der Waals surface area contributed by atoms with Gasteiger partial charge >= 0.3 is 6.18 Å². The average Bonchev–Trinajstić information content (AvgIpc) is 2.91. The average molecular weight is 299 g/mol. The van der Waals surface area contributed by atoms with Crippen molar-refractivity contribution < 1.29 is 18.3 Å². The molecule has 0 saturated heterocycles. The van der Waals surface area contributed by atoms with Gasteiger partial charge in [0.25, 0.3) is 0 Å². The first kappa shape index (κ1) is 15.5. The lowest BCUT2D eigenvalue weighted by Crippen LogP contribution is -2.30. The monoisotopic (exact) mass is 299 g/mol. The van der Waals surface area contributed by atoms with Crippen molar-refractivity contribution in [3.8, 4) is 0 Å². The molecule has 2 aromatic rings. The van der Waals surface area contributed by atoms with E-state index in [2.05, 4.69) is 10.4 Å². The molecule has 0 aliphatic rings. The zero-order valence-corrected chi connectivity index (χ0v) is 11.2. The maximum absolute atomic E-state index is 12.8. The number of aliphatic hydroxyl groups excluding tert-OH is 1. The van der Waals surface area contributed by atoms with Crippen molar-refractivity contribution in [3.63, 3.8) is 0 Å². The third kappa shape index (κ3) is 4.57. The van der Waals surface area contributed by atoms with Gasteiger partial charge < -0.3 is 10.4 Å². The van der Waals surface area contributed by atoms with E-state index in [1.54, 1.807) is 29.2 Å². The molecule has 0 aliphatic heterocycles. The normalized spacial score (nSPS) is 13.3. The molecule has 2 rings (SSSR count). The molecular weight excluding hydrogens is 283 g/mol. The Balaban J connectivity index is 1.86. The fourth-order valence-electron chi connectivity index (χ4n) is 2.01. The lowest BCUT2D eigenvalue weighted by atomic mass is 10.1. The summed E-state index contributed by atoms with van der Waals surface area (Å²) in [6.45, 7) is 0.527. The van der Waals surface area contributed by atoms with Crippen LogP contribution in [0.1, 0.15) is 11.1 Å². The maximum atomic E-state index is 12.8. The van der Waals surface area contributed by atoms with E-state index in [1.807, 2.05) is 0 Å². The largest absolute Gasteiger partial charge is 0.416 e. The van der Waals surface area contributed by atoms with Gasteiger partial charge in [0.2, 0.25) is 0 Å². The first-order chi connectivity index (χ1) is 9.97. The van der Waals surface area contributed by atoms with Gasteiger partial charge in [-0.2, -0.15) is 18.3 Å². The highest BCUT2D eigenvalue weighted by atomic mass is 19.4. The Morgan fingerprint density at radius 1 is 1.24 bits per heavy atom. The molecule has 0 bridgehead atoms. The summed E-state index contributed by atoms with van der Waals surface area (Å²) in [6.07, 6.45) is -1.78. The molecule has 7 heteroatoms. The molecule has 1 aromatic heterocycles. The number of alkyl halides is 3. The third-order valence-corrected chi connectivity index (χ3v) is 2.98. The minimum atomic E-state index is -4.37. The molecule has 21 heavy (non-hydrogen) atoms. The first-order valence-corrected chi connectivity index (χ1v) is 6.48. The minimum absolute atomic E-state index is 0.0475. The molecule has 1 atom stereocenters. The van der Waals surface area contributed by atoms with Crippen LogP contribution in [0, 0.1) is 0 Å². The number of rotatable bonds is 6. The highest BCUT2D eigenvalue weighted by molar-refractivity contribution is 5.29. The van der Waals surface area contributed by atoms with E-state index in [0.717, 1.165) is 6.07 Å². The van der Waals surface area contributed by atoms with E-state index in [4.69, 9.17) is 0 Å². The molecule has 0 saturated carbocycles. The summed E-state index contributed by atoms with van der Waals surface area (Å²) in [4.78, 5) is 0. The number of aliphatic hydroxyl groups is 1. The topological polar surface area (TPSA) is 50.1 Å². The molecule has 4 nitrogen and oxygen atoms in total. The number of benzene rings is 1. The van der Waals surface area contributed by atoms with Crippen molar-refractivity contribution in [3.05, 3.63) is 53.9 Å². The number of halogens is 3. The second-order valence-corrected chi connectivity index (χ2v) is 4.67. The van der Waals surface area contributed by atoms with Crippen LogP contribution in [0.2, 0.25) is 0 Å². The van der Waals surface area contributed by atoms with Gasteiger partial charge in [-0.1, -0.05) is 18.2 Å². The van der Waals surface area contributed by atoms with Gasteiger partial charge in [0.15, 0.2) is 0 Å². The summed E-state index contributed by atoms with van der Waals surface area (Å²) in [5.74, 6) is 0. The van der Waals surface area contributed by atoms with Gasteiger partial charge in [0.1, 0.15) is 0 Å². The third-order valence-electron chi connectivity index (χ3n) is 2.98. The van der Waals surface area contributed by atoms with E-state index in [9.17, 15) is 18.3 Å². The van der Waals surface area contributed by atoms with Crippen LogP contribution >= 0.6 is 0 Å². The van der Waals surface area contributed by atoms with Crippen LogP contribution in [0.25, 0.3) is 0 Å².